The van der Waals surface area contributed by atoms with Crippen LogP contribution in [0, 0.1) is 0 Å². The number of ether oxygens (including phenoxy) is 1. The maximum absolute atomic E-state index is 10.9. The molecule has 1 aromatic carbocycles. The Balaban J connectivity index is 1.26. The minimum Gasteiger partial charge on any atom is -0.387 e. The van der Waals surface area contributed by atoms with Crippen LogP contribution in [-0.4, -0.2) is 71.5 Å². The topological polar surface area (TPSA) is 73.8 Å². The summed E-state index contributed by atoms with van der Waals surface area (Å²) in [5.41, 5.74) is 1.83. The van der Waals surface area contributed by atoms with Crippen molar-refractivity contribution in [2.75, 3.05) is 50.8 Å². The van der Waals surface area contributed by atoms with Gasteiger partial charge in [-0.15, -0.1) is 0 Å². The molecule has 1 aromatic heterocycles. The van der Waals surface area contributed by atoms with Crippen molar-refractivity contribution in [3.8, 4) is 0 Å². The molecular weight excluding hydrogens is 354 g/mol. The summed E-state index contributed by atoms with van der Waals surface area (Å²) in [7, 11) is 0. The van der Waals surface area contributed by atoms with E-state index in [1.165, 1.54) is 11.1 Å². The Kier molecular flexibility index (Phi) is 6.17. The normalized spacial score (nSPS) is 23.2. The second kappa shape index (κ2) is 8.96. The fraction of sp³-hybridized carbons (Fsp3) is 0.524. The molecule has 2 aromatic rings. The van der Waals surface area contributed by atoms with E-state index in [0.29, 0.717) is 19.0 Å². The van der Waals surface area contributed by atoms with Gasteiger partial charge in [-0.25, -0.2) is 9.97 Å². The number of aromatic nitrogens is 2. The first kappa shape index (κ1) is 19.3. The summed E-state index contributed by atoms with van der Waals surface area (Å²) < 4.78 is 5.42. The minimum absolute atomic E-state index is 0.557. The molecule has 1 atom stereocenters. The third-order valence-electron chi connectivity index (χ3n) is 5.45. The zero-order valence-corrected chi connectivity index (χ0v) is 16.3. The van der Waals surface area contributed by atoms with Crippen molar-refractivity contribution in [3.63, 3.8) is 0 Å². The van der Waals surface area contributed by atoms with E-state index in [9.17, 15) is 5.11 Å². The molecular formula is C21H29N5O2. The highest BCUT2D eigenvalue weighted by Crippen LogP contribution is 2.23. The maximum atomic E-state index is 10.9. The summed E-state index contributed by atoms with van der Waals surface area (Å²) in [6.45, 7) is 7.25. The molecule has 2 aliphatic rings. The number of rotatable bonds is 7. The third kappa shape index (κ3) is 5.05. The number of aliphatic hydroxyl groups is 1. The van der Waals surface area contributed by atoms with Gasteiger partial charge in [0.05, 0.1) is 25.4 Å². The lowest BCUT2D eigenvalue weighted by molar-refractivity contribution is 0.0342. The van der Waals surface area contributed by atoms with Gasteiger partial charge in [0.2, 0.25) is 5.95 Å². The minimum atomic E-state index is -0.745. The Hall–Kier alpha value is -2.06. The molecule has 3 heterocycles. The van der Waals surface area contributed by atoms with E-state index in [1.54, 1.807) is 18.5 Å². The predicted octanol–water partition coefficient (Wildman–Crippen LogP) is 1.04. The molecule has 7 heteroatoms. The van der Waals surface area contributed by atoms with E-state index in [0.717, 1.165) is 52.4 Å². The molecule has 150 valence electrons. The zero-order valence-electron chi connectivity index (χ0n) is 16.3. The van der Waals surface area contributed by atoms with Crippen LogP contribution in [0.1, 0.15) is 17.5 Å². The summed E-state index contributed by atoms with van der Waals surface area (Å²) in [5, 5.41) is 14.3. The quantitative estimate of drug-likeness (QED) is 0.740. The van der Waals surface area contributed by atoms with Gasteiger partial charge in [-0.2, -0.15) is 0 Å². The standard InChI is InChI=1S/C21H29N5O2/c27-21(5-8-26(17-21)20-23-6-2-7-24-20)16-22-14-18-3-1-4-19(13-18)15-25-9-11-28-12-10-25/h1-4,6-7,13,22,27H,5,8-12,14-17H2. The summed E-state index contributed by atoms with van der Waals surface area (Å²) in [6, 6.07) is 10.5. The number of hydrogen-bond donors (Lipinski definition) is 2. The first-order valence-electron chi connectivity index (χ1n) is 10.0. The molecule has 0 aliphatic carbocycles. The predicted molar refractivity (Wildman–Crippen MR) is 108 cm³/mol. The molecule has 0 radical (unpaired) electrons. The fourth-order valence-corrected chi connectivity index (χ4v) is 3.92. The molecule has 0 amide bonds. The van der Waals surface area contributed by atoms with Gasteiger partial charge in [0, 0.05) is 51.7 Å². The highest BCUT2D eigenvalue weighted by atomic mass is 16.5. The van der Waals surface area contributed by atoms with Gasteiger partial charge in [-0.1, -0.05) is 24.3 Å². The summed E-state index contributed by atoms with van der Waals surface area (Å²) >= 11 is 0. The van der Waals surface area contributed by atoms with E-state index < -0.39 is 5.60 Å². The first-order chi connectivity index (χ1) is 13.7. The van der Waals surface area contributed by atoms with Crippen LogP contribution in [0.15, 0.2) is 42.7 Å². The summed E-state index contributed by atoms with van der Waals surface area (Å²) in [4.78, 5) is 13.0. The van der Waals surface area contributed by atoms with Gasteiger partial charge < -0.3 is 20.1 Å². The summed E-state index contributed by atoms with van der Waals surface area (Å²) in [6.07, 6.45) is 4.19. The number of nitrogens with zero attached hydrogens (tertiary/aromatic N) is 4. The number of nitrogens with one attached hydrogen (secondary N) is 1. The van der Waals surface area contributed by atoms with Gasteiger partial charge in [-0.3, -0.25) is 4.90 Å². The molecule has 2 saturated heterocycles. The van der Waals surface area contributed by atoms with E-state index in [-0.39, 0.29) is 0 Å². The molecule has 0 bridgehead atoms. The lowest BCUT2D eigenvalue weighted by Gasteiger charge is -2.26. The zero-order chi connectivity index (χ0) is 19.2. The van der Waals surface area contributed by atoms with Gasteiger partial charge in [0.15, 0.2) is 0 Å². The smallest absolute Gasteiger partial charge is 0.225 e. The highest BCUT2D eigenvalue weighted by molar-refractivity contribution is 5.32. The molecule has 0 spiro atoms. The van der Waals surface area contributed by atoms with Crippen LogP contribution in [0.2, 0.25) is 0 Å². The SMILES string of the molecule is OC1(CNCc2cccc(CN3CCOCC3)c2)CCN(c2ncccn2)C1. The first-order valence-corrected chi connectivity index (χ1v) is 10.0. The van der Waals surface area contributed by atoms with Crippen molar-refractivity contribution >= 4 is 5.95 Å². The van der Waals surface area contributed by atoms with Crippen LogP contribution < -0.4 is 10.2 Å². The molecule has 2 aliphatic heterocycles. The fourth-order valence-electron chi connectivity index (χ4n) is 3.92. The van der Waals surface area contributed by atoms with Crippen LogP contribution in [0.5, 0.6) is 0 Å². The van der Waals surface area contributed by atoms with Crippen molar-refractivity contribution in [2.24, 2.45) is 0 Å². The van der Waals surface area contributed by atoms with Crippen LogP contribution in [-0.2, 0) is 17.8 Å². The Morgan fingerprint density at radius 3 is 2.68 bits per heavy atom. The molecule has 4 rings (SSSR count). The second-order valence-electron chi connectivity index (χ2n) is 7.76. The van der Waals surface area contributed by atoms with Gasteiger partial charge in [-0.05, 0) is 23.6 Å². The number of hydrogen-bond acceptors (Lipinski definition) is 7. The van der Waals surface area contributed by atoms with Crippen LogP contribution in [0.25, 0.3) is 0 Å². The van der Waals surface area contributed by atoms with E-state index in [1.807, 2.05) is 4.90 Å². The molecule has 7 nitrogen and oxygen atoms in total. The third-order valence-corrected chi connectivity index (χ3v) is 5.45. The van der Waals surface area contributed by atoms with Gasteiger partial charge in [0.25, 0.3) is 0 Å². The lowest BCUT2D eigenvalue weighted by Crippen LogP contribution is -2.43. The molecule has 2 fully saturated rings. The largest absolute Gasteiger partial charge is 0.387 e. The van der Waals surface area contributed by atoms with Gasteiger partial charge >= 0.3 is 0 Å². The lowest BCUT2D eigenvalue weighted by atomic mass is 10.0. The Morgan fingerprint density at radius 1 is 1.07 bits per heavy atom. The molecule has 28 heavy (non-hydrogen) atoms. The van der Waals surface area contributed by atoms with E-state index >= 15 is 0 Å². The van der Waals surface area contributed by atoms with Crippen LogP contribution in [0.4, 0.5) is 5.95 Å². The van der Waals surface area contributed by atoms with Crippen molar-refractivity contribution in [3.05, 3.63) is 53.9 Å². The Morgan fingerprint density at radius 2 is 1.86 bits per heavy atom. The van der Waals surface area contributed by atoms with Crippen LogP contribution in [0.3, 0.4) is 0 Å². The summed E-state index contributed by atoms with van der Waals surface area (Å²) in [5.74, 6) is 0.689. The molecule has 2 N–H and O–H groups in total. The Bertz CT molecular complexity index is 753. The number of β-amino-alcohol motifs (C(OH)–C–C–N with tert-alkyl or cyclic N) is 1. The van der Waals surface area contributed by atoms with Crippen molar-refractivity contribution in [1.82, 2.24) is 20.2 Å². The number of benzene rings is 1. The number of morpholine rings is 1. The van der Waals surface area contributed by atoms with E-state index in [4.69, 9.17) is 4.74 Å². The van der Waals surface area contributed by atoms with Gasteiger partial charge in [0.1, 0.15) is 0 Å². The highest BCUT2D eigenvalue weighted by Gasteiger charge is 2.36. The van der Waals surface area contributed by atoms with Crippen molar-refractivity contribution in [2.45, 2.75) is 25.1 Å². The molecule has 1 unspecified atom stereocenters. The monoisotopic (exact) mass is 383 g/mol. The average Bonchev–Trinajstić information content (AvgIpc) is 3.12. The Labute approximate surface area is 166 Å². The van der Waals surface area contributed by atoms with Crippen molar-refractivity contribution < 1.29 is 9.84 Å². The van der Waals surface area contributed by atoms with Crippen LogP contribution >= 0.6 is 0 Å². The van der Waals surface area contributed by atoms with E-state index in [2.05, 4.69) is 44.5 Å². The second-order valence-corrected chi connectivity index (χ2v) is 7.76. The number of anilines is 1. The molecule has 0 saturated carbocycles. The maximum Gasteiger partial charge on any atom is 0.225 e. The average molecular weight is 383 g/mol. The van der Waals surface area contributed by atoms with Crippen molar-refractivity contribution in [1.29, 1.82) is 0 Å².